The Kier molecular flexibility index (Phi) is 7.37. The average Bonchev–Trinajstić information content (AvgIpc) is 2.84. The maximum atomic E-state index is 13.1. The molecule has 2 saturated heterocycles. The number of anilines is 2. The number of hydrogen-bond acceptors (Lipinski definition) is 4. The second-order valence-electron chi connectivity index (χ2n) is 8.57. The van der Waals surface area contributed by atoms with Crippen LogP contribution in [0.25, 0.3) is 0 Å². The van der Waals surface area contributed by atoms with Crippen LogP contribution in [-0.2, 0) is 9.59 Å². The minimum atomic E-state index is -0.233. The molecule has 0 aromatic heterocycles. The largest absolute Gasteiger partial charge is 0.368 e. The van der Waals surface area contributed by atoms with Gasteiger partial charge in [-0.15, -0.1) is 0 Å². The number of para-hydroxylation sites is 1. The number of nitrogens with one attached hydrogen (secondary N) is 1. The Hall–Kier alpha value is -2.93. The van der Waals surface area contributed by atoms with E-state index in [0.717, 1.165) is 56.9 Å². The summed E-state index contributed by atoms with van der Waals surface area (Å²) in [4.78, 5) is 31.6. The van der Waals surface area contributed by atoms with Crippen molar-refractivity contribution in [2.45, 2.75) is 19.3 Å². The highest BCUT2D eigenvalue weighted by Gasteiger charge is 2.26. The van der Waals surface area contributed by atoms with Gasteiger partial charge in [-0.25, -0.2) is 4.39 Å². The average molecular weight is 439 g/mol. The van der Waals surface area contributed by atoms with E-state index in [9.17, 15) is 14.0 Å². The van der Waals surface area contributed by atoms with Crippen molar-refractivity contribution in [1.29, 1.82) is 0 Å². The Labute approximate surface area is 189 Å². The minimum Gasteiger partial charge on any atom is -0.368 e. The molecule has 6 nitrogen and oxygen atoms in total. The number of rotatable bonds is 6. The molecule has 7 heteroatoms. The van der Waals surface area contributed by atoms with Crippen LogP contribution in [-0.4, -0.2) is 67.4 Å². The number of likely N-dealkylation sites (tertiary alicyclic amines) is 1. The first-order chi connectivity index (χ1) is 15.6. The van der Waals surface area contributed by atoms with E-state index in [4.69, 9.17) is 0 Å². The SMILES string of the molecule is O=C(Nc1ccccc1)C1CCN(CCC(=O)N2CCN(c3ccc(F)cc3)CC2)CC1. The Morgan fingerprint density at radius 1 is 0.875 bits per heavy atom. The molecule has 0 atom stereocenters. The van der Waals surface area contributed by atoms with Gasteiger partial charge in [0.1, 0.15) is 5.82 Å². The molecule has 2 aliphatic heterocycles. The van der Waals surface area contributed by atoms with Gasteiger partial charge >= 0.3 is 0 Å². The normalized spacial score (nSPS) is 17.9. The molecule has 32 heavy (non-hydrogen) atoms. The molecule has 4 rings (SSSR count). The first-order valence-electron chi connectivity index (χ1n) is 11.4. The number of amides is 2. The van der Waals surface area contributed by atoms with Crippen molar-refractivity contribution < 1.29 is 14.0 Å². The monoisotopic (exact) mass is 438 g/mol. The molecule has 2 aliphatic rings. The Morgan fingerprint density at radius 3 is 2.19 bits per heavy atom. The van der Waals surface area contributed by atoms with Gasteiger partial charge in [-0.2, -0.15) is 0 Å². The quantitative estimate of drug-likeness (QED) is 0.753. The lowest BCUT2D eigenvalue weighted by Gasteiger charge is -2.37. The second kappa shape index (κ2) is 10.6. The zero-order valence-corrected chi connectivity index (χ0v) is 18.4. The number of piperazine rings is 1. The van der Waals surface area contributed by atoms with Gasteiger partial charge in [-0.05, 0) is 62.3 Å². The van der Waals surface area contributed by atoms with Crippen molar-refractivity contribution in [2.75, 3.05) is 56.0 Å². The molecule has 2 aromatic rings. The molecule has 2 amide bonds. The fourth-order valence-corrected chi connectivity index (χ4v) is 4.46. The molecular formula is C25H31FN4O2. The third-order valence-corrected chi connectivity index (χ3v) is 6.47. The summed E-state index contributed by atoms with van der Waals surface area (Å²) >= 11 is 0. The van der Waals surface area contributed by atoms with Gasteiger partial charge in [-0.3, -0.25) is 9.59 Å². The van der Waals surface area contributed by atoms with E-state index in [1.54, 1.807) is 12.1 Å². The molecule has 170 valence electrons. The zero-order valence-electron chi connectivity index (χ0n) is 18.4. The summed E-state index contributed by atoms with van der Waals surface area (Å²) in [5, 5.41) is 3.00. The maximum Gasteiger partial charge on any atom is 0.227 e. The van der Waals surface area contributed by atoms with Crippen molar-refractivity contribution in [3.63, 3.8) is 0 Å². The molecule has 1 N–H and O–H groups in total. The minimum absolute atomic E-state index is 0.0293. The fourth-order valence-electron chi connectivity index (χ4n) is 4.46. The van der Waals surface area contributed by atoms with Gasteiger partial charge in [0, 0.05) is 56.4 Å². The molecule has 0 radical (unpaired) electrons. The molecule has 0 spiro atoms. The summed E-state index contributed by atoms with van der Waals surface area (Å²) in [6, 6.07) is 16.1. The van der Waals surface area contributed by atoms with E-state index in [0.29, 0.717) is 19.5 Å². The first-order valence-corrected chi connectivity index (χ1v) is 11.4. The van der Waals surface area contributed by atoms with Gasteiger partial charge in [-0.1, -0.05) is 18.2 Å². The summed E-state index contributed by atoms with van der Waals surface area (Å²) in [5.41, 5.74) is 1.84. The van der Waals surface area contributed by atoms with Crippen molar-refractivity contribution in [1.82, 2.24) is 9.80 Å². The van der Waals surface area contributed by atoms with Gasteiger partial charge in [0.15, 0.2) is 0 Å². The zero-order chi connectivity index (χ0) is 22.3. The van der Waals surface area contributed by atoms with Crippen molar-refractivity contribution in [3.8, 4) is 0 Å². The number of nitrogens with zero attached hydrogens (tertiary/aromatic N) is 3. The van der Waals surface area contributed by atoms with E-state index >= 15 is 0 Å². The van der Waals surface area contributed by atoms with Crippen LogP contribution >= 0.6 is 0 Å². The Bertz CT molecular complexity index is 890. The molecule has 0 saturated carbocycles. The molecule has 2 heterocycles. The first kappa shape index (κ1) is 22.3. The van der Waals surface area contributed by atoms with Gasteiger partial charge in [0.25, 0.3) is 0 Å². The Balaban J connectivity index is 1.15. The maximum absolute atomic E-state index is 13.1. The van der Waals surface area contributed by atoms with Gasteiger partial charge < -0.3 is 20.0 Å². The van der Waals surface area contributed by atoms with Crippen LogP contribution in [0.3, 0.4) is 0 Å². The van der Waals surface area contributed by atoms with Crippen LogP contribution < -0.4 is 10.2 Å². The van der Waals surface area contributed by atoms with Crippen molar-refractivity contribution in [3.05, 3.63) is 60.4 Å². The molecule has 2 fully saturated rings. The molecule has 2 aromatic carbocycles. The number of piperidine rings is 1. The van der Waals surface area contributed by atoms with E-state index in [-0.39, 0.29) is 23.5 Å². The fraction of sp³-hybridized carbons (Fsp3) is 0.440. The number of hydrogen-bond donors (Lipinski definition) is 1. The van der Waals surface area contributed by atoms with Crippen LogP contribution in [0.5, 0.6) is 0 Å². The van der Waals surface area contributed by atoms with Gasteiger partial charge in [0.2, 0.25) is 11.8 Å². The van der Waals surface area contributed by atoms with E-state index in [1.165, 1.54) is 12.1 Å². The van der Waals surface area contributed by atoms with Crippen molar-refractivity contribution in [2.24, 2.45) is 5.92 Å². The molecular weight excluding hydrogens is 407 g/mol. The van der Waals surface area contributed by atoms with E-state index in [1.807, 2.05) is 35.2 Å². The van der Waals surface area contributed by atoms with Crippen LogP contribution in [0.15, 0.2) is 54.6 Å². The summed E-state index contributed by atoms with van der Waals surface area (Å²) in [5.74, 6) is 0.0729. The number of benzene rings is 2. The summed E-state index contributed by atoms with van der Waals surface area (Å²) in [6.45, 7) is 5.34. The smallest absolute Gasteiger partial charge is 0.227 e. The predicted octanol–water partition coefficient (Wildman–Crippen LogP) is 3.22. The second-order valence-corrected chi connectivity index (χ2v) is 8.57. The third-order valence-electron chi connectivity index (χ3n) is 6.47. The Morgan fingerprint density at radius 2 is 1.53 bits per heavy atom. The third kappa shape index (κ3) is 5.85. The van der Waals surface area contributed by atoms with Crippen LogP contribution in [0.4, 0.5) is 15.8 Å². The van der Waals surface area contributed by atoms with E-state index < -0.39 is 0 Å². The number of carbonyl (C=O) groups is 2. The summed E-state index contributed by atoms with van der Waals surface area (Å²) in [7, 11) is 0. The molecule has 0 bridgehead atoms. The summed E-state index contributed by atoms with van der Waals surface area (Å²) in [6.07, 6.45) is 2.16. The highest BCUT2D eigenvalue weighted by atomic mass is 19.1. The summed E-state index contributed by atoms with van der Waals surface area (Å²) < 4.78 is 13.1. The number of halogens is 1. The van der Waals surface area contributed by atoms with Crippen LogP contribution in [0.2, 0.25) is 0 Å². The molecule has 0 aliphatic carbocycles. The highest BCUT2D eigenvalue weighted by molar-refractivity contribution is 5.92. The lowest BCUT2D eigenvalue weighted by atomic mass is 9.95. The van der Waals surface area contributed by atoms with E-state index in [2.05, 4.69) is 15.1 Å². The lowest BCUT2D eigenvalue weighted by molar-refractivity contribution is -0.132. The topological polar surface area (TPSA) is 55.9 Å². The highest BCUT2D eigenvalue weighted by Crippen LogP contribution is 2.20. The standard InChI is InChI=1S/C25H31FN4O2/c26-21-6-8-23(9-7-21)29-16-18-30(19-17-29)24(31)12-15-28-13-10-20(11-14-28)25(32)27-22-4-2-1-3-5-22/h1-9,20H,10-19H2,(H,27,32). The molecule has 0 unspecified atom stereocenters. The number of carbonyl (C=O) groups excluding carboxylic acids is 2. The van der Waals surface area contributed by atoms with Crippen molar-refractivity contribution >= 4 is 23.2 Å². The van der Waals surface area contributed by atoms with Gasteiger partial charge in [0.05, 0.1) is 0 Å². The predicted molar refractivity (Wildman–Crippen MR) is 124 cm³/mol. The van der Waals surface area contributed by atoms with Crippen LogP contribution in [0, 0.1) is 11.7 Å². The lowest BCUT2D eigenvalue weighted by Crippen LogP contribution is -2.49. The van der Waals surface area contributed by atoms with Crippen LogP contribution in [0.1, 0.15) is 19.3 Å².